The van der Waals surface area contributed by atoms with E-state index in [2.05, 4.69) is 5.32 Å². The van der Waals surface area contributed by atoms with Gasteiger partial charge in [-0.3, -0.25) is 4.79 Å². The molecule has 0 radical (unpaired) electrons. The molecule has 0 spiro atoms. The number of hydrogen-bond acceptors (Lipinski definition) is 3. The average molecular weight is 245 g/mol. The van der Waals surface area contributed by atoms with Crippen molar-refractivity contribution in [2.45, 2.75) is 50.3 Å². The lowest BCUT2D eigenvalue weighted by Crippen LogP contribution is -2.41. The summed E-state index contributed by atoms with van der Waals surface area (Å²) < 4.78 is 0. The second-order valence-electron chi connectivity index (χ2n) is 4.65. The van der Waals surface area contributed by atoms with Crippen LogP contribution in [0.2, 0.25) is 0 Å². The van der Waals surface area contributed by atoms with Gasteiger partial charge in [0.1, 0.15) is 0 Å². The standard InChI is InChI=1S/C12H23NO2S/c1-9(11(8-14)16-2)13-12(15)7-6-10-4-3-5-10/h9-11,14H,3-8H2,1-2H3,(H,13,15). The van der Waals surface area contributed by atoms with Crippen LogP contribution < -0.4 is 5.32 Å². The molecular formula is C12H23NO2S. The summed E-state index contributed by atoms with van der Waals surface area (Å²) in [5, 5.41) is 12.2. The van der Waals surface area contributed by atoms with Crippen LogP contribution in [0.5, 0.6) is 0 Å². The lowest BCUT2D eigenvalue weighted by Gasteiger charge is -2.26. The molecule has 1 aliphatic carbocycles. The lowest BCUT2D eigenvalue weighted by atomic mass is 9.82. The molecule has 0 heterocycles. The Hall–Kier alpha value is -0.220. The smallest absolute Gasteiger partial charge is 0.220 e. The first-order chi connectivity index (χ1) is 7.67. The van der Waals surface area contributed by atoms with Gasteiger partial charge in [0.2, 0.25) is 5.91 Å². The van der Waals surface area contributed by atoms with Gasteiger partial charge < -0.3 is 10.4 Å². The van der Waals surface area contributed by atoms with Gasteiger partial charge in [-0.2, -0.15) is 11.8 Å². The van der Waals surface area contributed by atoms with Crippen molar-refractivity contribution in [2.24, 2.45) is 5.92 Å². The van der Waals surface area contributed by atoms with Crippen LogP contribution in [-0.4, -0.2) is 35.2 Å². The van der Waals surface area contributed by atoms with Gasteiger partial charge in [-0.25, -0.2) is 0 Å². The third-order valence-electron chi connectivity index (χ3n) is 3.43. The zero-order chi connectivity index (χ0) is 12.0. The van der Waals surface area contributed by atoms with E-state index in [1.807, 2.05) is 13.2 Å². The molecule has 94 valence electrons. The Morgan fingerprint density at radius 1 is 1.56 bits per heavy atom. The Kier molecular flexibility index (Phi) is 6.21. The Morgan fingerprint density at radius 2 is 2.25 bits per heavy atom. The molecule has 4 heteroatoms. The third kappa shape index (κ3) is 4.34. The first kappa shape index (κ1) is 13.8. The van der Waals surface area contributed by atoms with Crippen LogP contribution in [0.1, 0.15) is 39.0 Å². The Bertz CT molecular complexity index is 215. The van der Waals surface area contributed by atoms with Gasteiger partial charge >= 0.3 is 0 Å². The van der Waals surface area contributed by atoms with E-state index in [-0.39, 0.29) is 23.8 Å². The average Bonchev–Trinajstić information content (AvgIpc) is 2.17. The zero-order valence-corrected chi connectivity index (χ0v) is 11.1. The van der Waals surface area contributed by atoms with E-state index >= 15 is 0 Å². The van der Waals surface area contributed by atoms with E-state index in [0.29, 0.717) is 6.42 Å². The van der Waals surface area contributed by atoms with E-state index in [1.54, 1.807) is 11.8 Å². The van der Waals surface area contributed by atoms with Gasteiger partial charge in [-0.15, -0.1) is 0 Å². The predicted molar refractivity (Wildman–Crippen MR) is 68.6 cm³/mol. The minimum atomic E-state index is 0.0499. The summed E-state index contributed by atoms with van der Waals surface area (Å²) >= 11 is 1.60. The monoisotopic (exact) mass is 245 g/mol. The quantitative estimate of drug-likeness (QED) is 0.719. The third-order valence-corrected chi connectivity index (χ3v) is 4.60. The normalized spacial score (nSPS) is 19.9. The van der Waals surface area contributed by atoms with Crippen molar-refractivity contribution in [3.8, 4) is 0 Å². The van der Waals surface area contributed by atoms with Crippen LogP contribution in [0.25, 0.3) is 0 Å². The highest BCUT2D eigenvalue weighted by Gasteiger charge is 2.20. The summed E-state index contributed by atoms with van der Waals surface area (Å²) in [5.74, 6) is 0.919. The van der Waals surface area contributed by atoms with Crippen LogP contribution in [-0.2, 0) is 4.79 Å². The summed E-state index contributed by atoms with van der Waals surface area (Å²) in [4.78, 5) is 11.6. The molecule has 1 saturated carbocycles. The summed E-state index contributed by atoms with van der Waals surface area (Å²) in [7, 11) is 0. The fourth-order valence-electron chi connectivity index (χ4n) is 1.97. The molecule has 0 aromatic rings. The molecule has 0 aromatic carbocycles. The van der Waals surface area contributed by atoms with Crippen molar-refractivity contribution < 1.29 is 9.90 Å². The number of aliphatic hydroxyl groups is 1. The number of carbonyl (C=O) groups is 1. The first-order valence-corrected chi connectivity index (χ1v) is 7.39. The molecule has 2 unspecified atom stereocenters. The van der Waals surface area contributed by atoms with Crippen molar-refractivity contribution >= 4 is 17.7 Å². The molecule has 3 nitrogen and oxygen atoms in total. The molecule has 1 fully saturated rings. The number of thioether (sulfide) groups is 1. The molecule has 0 aromatic heterocycles. The fourth-order valence-corrected chi connectivity index (χ4v) is 2.60. The van der Waals surface area contributed by atoms with Gasteiger partial charge in [-0.1, -0.05) is 19.3 Å². The highest BCUT2D eigenvalue weighted by Crippen LogP contribution is 2.30. The molecule has 2 N–H and O–H groups in total. The Labute approximate surface area is 102 Å². The van der Waals surface area contributed by atoms with Crippen molar-refractivity contribution in [1.29, 1.82) is 0 Å². The fraction of sp³-hybridized carbons (Fsp3) is 0.917. The second kappa shape index (κ2) is 7.17. The van der Waals surface area contributed by atoms with Gasteiger partial charge in [0, 0.05) is 17.7 Å². The van der Waals surface area contributed by atoms with E-state index in [9.17, 15) is 4.79 Å². The van der Waals surface area contributed by atoms with Crippen LogP contribution >= 0.6 is 11.8 Å². The highest BCUT2D eigenvalue weighted by atomic mass is 32.2. The SMILES string of the molecule is CSC(CO)C(C)NC(=O)CCC1CCC1. The largest absolute Gasteiger partial charge is 0.395 e. The minimum absolute atomic E-state index is 0.0499. The Balaban J connectivity index is 2.16. The molecule has 0 bridgehead atoms. The lowest BCUT2D eigenvalue weighted by molar-refractivity contribution is -0.122. The van der Waals surface area contributed by atoms with E-state index < -0.39 is 0 Å². The molecule has 1 aliphatic rings. The second-order valence-corrected chi connectivity index (χ2v) is 5.73. The van der Waals surface area contributed by atoms with Crippen molar-refractivity contribution in [3.63, 3.8) is 0 Å². The van der Waals surface area contributed by atoms with E-state index in [0.717, 1.165) is 12.3 Å². The van der Waals surface area contributed by atoms with Gasteiger partial charge in [0.25, 0.3) is 0 Å². The molecule has 0 saturated heterocycles. The maximum Gasteiger partial charge on any atom is 0.220 e. The van der Waals surface area contributed by atoms with Crippen molar-refractivity contribution in [2.75, 3.05) is 12.9 Å². The van der Waals surface area contributed by atoms with E-state index in [1.165, 1.54) is 19.3 Å². The maximum atomic E-state index is 11.6. The number of rotatable bonds is 7. The van der Waals surface area contributed by atoms with Crippen LogP contribution in [0.4, 0.5) is 0 Å². The maximum absolute atomic E-state index is 11.6. The van der Waals surface area contributed by atoms with Crippen molar-refractivity contribution in [3.05, 3.63) is 0 Å². The van der Waals surface area contributed by atoms with Crippen LogP contribution in [0.15, 0.2) is 0 Å². The van der Waals surface area contributed by atoms with E-state index in [4.69, 9.17) is 5.11 Å². The number of hydrogen-bond donors (Lipinski definition) is 2. The minimum Gasteiger partial charge on any atom is -0.395 e. The van der Waals surface area contributed by atoms with Crippen molar-refractivity contribution in [1.82, 2.24) is 5.32 Å². The van der Waals surface area contributed by atoms with Gasteiger partial charge in [0.15, 0.2) is 0 Å². The molecule has 16 heavy (non-hydrogen) atoms. The molecular weight excluding hydrogens is 222 g/mol. The molecule has 2 atom stereocenters. The van der Waals surface area contributed by atoms with Crippen LogP contribution in [0, 0.1) is 5.92 Å². The van der Waals surface area contributed by atoms with Crippen LogP contribution in [0.3, 0.4) is 0 Å². The molecule has 0 aliphatic heterocycles. The number of aliphatic hydroxyl groups excluding tert-OH is 1. The van der Waals surface area contributed by atoms with Gasteiger partial charge in [0.05, 0.1) is 6.61 Å². The Morgan fingerprint density at radius 3 is 2.69 bits per heavy atom. The zero-order valence-electron chi connectivity index (χ0n) is 10.2. The summed E-state index contributed by atoms with van der Waals surface area (Å²) in [6.45, 7) is 2.07. The first-order valence-electron chi connectivity index (χ1n) is 6.10. The summed E-state index contributed by atoms with van der Waals surface area (Å²) in [6.07, 6.45) is 7.56. The molecule has 1 rings (SSSR count). The topological polar surface area (TPSA) is 49.3 Å². The summed E-state index contributed by atoms with van der Waals surface area (Å²) in [5.41, 5.74) is 0. The molecule has 1 amide bonds. The number of amides is 1. The summed E-state index contributed by atoms with van der Waals surface area (Å²) in [6, 6.07) is 0.0499. The number of carbonyl (C=O) groups excluding carboxylic acids is 1. The van der Waals surface area contributed by atoms with Gasteiger partial charge in [-0.05, 0) is 25.5 Å². The number of nitrogens with one attached hydrogen (secondary N) is 1. The predicted octanol–water partition coefficient (Wildman–Crippen LogP) is 1.80. The highest BCUT2D eigenvalue weighted by molar-refractivity contribution is 7.99.